The van der Waals surface area contributed by atoms with Crippen LogP contribution in [0, 0.1) is 13.8 Å². The molecule has 0 radical (unpaired) electrons. The molecule has 4 aromatic rings. The SMILES string of the molecule is Cc1ccc(OCC(=O)NCCn2nc(-c3sc(-c4cccs4)nc3C)ccc2=O)cc1. The predicted octanol–water partition coefficient (Wildman–Crippen LogP) is 3.91. The largest absolute Gasteiger partial charge is 0.484 e. The molecule has 0 fully saturated rings. The highest BCUT2D eigenvalue weighted by Gasteiger charge is 2.14. The summed E-state index contributed by atoms with van der Waals surface area (Å²) in [6, 6.07) is 14.7. The molecule has 0 aliphatic heterocycles. The molecule has 32 heavy (non-hydrogen) atoms. The van der Waals surface area contributed by atoms with Gasteiger partial charge in [-0.25, -0.2) is 9.67 Å². The second-order valence-electron chi connectivity index (χ2n) is 7.14. The van der Waals surface area contributed by atoms with Gasteiger partial charge in [0, 0.05) is 12.6 Å². The normalized spacial score (nSPS) is 10.8. The van der Waals surface area contributed by atoms with Crippen molar-refractivity contribution in [2.75, 3.05) is 13.2 Å². The van der Waals surface area contributed by atoms with E-state index in [-0.39, 0.29) is 31.2 Å². The molecule has 4 rings (SSSR count). The fourth-order valence-corrected chi connectivity index (χ4v) is 4.83. The fourth-order valence-electron chi connectivity index (χ4n) is 3.01. The van der Waals surface area contributed by atoms with Crippen LogP contribution in [0.1, 0.15) is 11.3 Å². The van der Waals surface area contributed by atoms with Crippen LogP contribution in [0.15, 0.2) is 58.7 Å². The Morgan fingerprint density at radius 2 is 1.94 bits per heavy atom. The number of benzene rings is 1. The van der Waals surface area contributed by atoms with E-state index in [4.69, 9.17) is 4.74 Å². The lowest BCUT2D eigenvalue weighted by Gasteiger charge is -2.09. The second kappa shape index (κ2) is 9.88. The van der Waals surface area contributed by atoms with Gasteiger partial charge in [0.25, 0.3) is 11.5 Å². The first kappa shape index (κ1) is 21.9. The average molecular weight is 467 g/mol. The summed E-state index contributed by atoms with van der Waals surface area (Å²) in [4.78, 5) is 31.0. The van der Waals surface area contributed by atoms with Crippen molar-refractivity contribution in [2.45, 2.75) is 20.4 Å². The zero-order valence-electron chi connectivity index (χ0n) is 17.7. The molecule has 0 aliphatic rings. The first-order chi connectivity index (χ1) is 15.5. The maximum atomic E-state index is 12.2. The van der Waals surface area contributed by atoms with E-state index in [1.54, 1.807) is 28.7 Å². The second-order valence-corrected chi connectivity index (χ2v) is 9.09. The smallest absolute Gasteiger partial charge is 0.266 e. The number of nitrogens with one attached hydrogen (secondary N) is 1. The summed E-state index contributed by atoms with van der Waals surface area (Å²) in [6.45, 7) is 4.37. The Morgan fingerprint density at radius 1 is 1.12 bits per heavy atom. The van der Waals surface area contributed by atoms with Crippen molar-refractivity contribution in [3.05, 3.63) is 75.5 Å². The molecular formula is C23H22N4O3S2. The number of aromatic nitrogens is 3. The lowest BCUT2D eigenvalue weighted by molar-refractivity contribution is -0.123. The topological polar surface area (TPSA) is 86.1 Å². The van der Waals surface area contributed by atoms with Crippen LogP contribution in [0.3, 0.4) is 0 Å². The predicted molar refractivity (Wildman–Crippen MR) is 127 cm³/mol. The zero-order valence-corrected chi connectivity index (χ0v) is 19.3. The van der Waals surface area contributed by atoms with Crippen molar-refractivity contribution in [3.63, 3.8) is 0 Å². The van der Waals surface area contributed by atoms with Gasteiger partial charge in [0.15, 0.2) is 6.61 Å². The summed E-state index contributed by atoms with van der Waals surface area (Å²) in [7, 11) is 0. The van der Waals surface area contributed by atoms with Crippen molar-refractivity contribution in [3.8, 4) is 26.2 Å². The molecule has 164 valence electrons. The molecule has 7 nitrogen and oxygen atoms in total. The molecule has 3 heterocycles. The quantitative estimate of drug-likeness (QED) is 0.426. The zero-order chi connectivity index (χ0) is 22.5. The van der Waals surface area contributed by atoms with E-state index in [2.05, 4.69) is 15.4 Å². The Labute approximate surface area is 193 Å². The van der Waals surface area contributed by atoms with Crippen LogP contribution in [-0.4, -0.2) is 33.8 Å². The maximum absolute atomic E-state index is 12.2. The van der Waals surface area contributed by atoms with Gasteiger partial charge in [-0.3, -0.25) is 9.59 Å². The number of carbonyl (C=O) groups excluding carboxylic acids is 1. The van der Waals surface area contributed by atoms with Gasteiger partial charge in [-0.15, -0.1) is 22.7 Å². The third-order valence-electron chi connectivity index (χ3n) is 4.66. The lowest BCUT2D eigenvalue weighted by Crippen LogP contribution is -2.34. The van der Waals surface area contributed by atoms with E-state index in [1.807, 2.05) is 55.6 Å². The van der Waals surface area contributed by atoms with Crippen LogP contribution in [0.2, 0.25) is 0 Å². The van der Waals surface area contributed by atoms with Crippen LogP contribution in [0.4, 0.5) is 0 Å². The van der Waals surface area contributed by atoms with E-state index in [9.17, 15) is 9.59 Å². The maximum Gasteiger partial charge on any atom is 0.266 e. The molecule has 0 aliphatic carbocycles. The van der Waals surface area contributed by atoms with Gasteiger partial charge in [0.1, 0.15) is 16.5 Å². The molecule has 0 bridgehead atoms. The highest BCUT2D eigenvalue weighted by molar-refractivity contribution is 7.23. The van der Waals surface area contributed by atoms with Crippen LogP contribution in [0.5, 0.6) is 5.75 Å². The number of carbonyl (C=O) groups is 1. The highest BCUT2D eigenvalue weighted by atomic mass is 32.1. The molecular weight excluding hydrogens is 444 g/mol. The number of amides is 1. The average Bonchev–Trinajstić information content (AvgIpc) is 3.45. The van der Waals surface area contributed by atoms with Gasteiger partial charge in [-0.2, -0.15) is 5.10 Å². The van der Waals surface area contributed by atoms with Crippen molar-refractivity contribution >= 4 is 28.6 Å². The number of hydrogen-bond donors (Lipinski definition) is 1. The Bertz CT molecular complexity index is 1260. The number of aryl methyl sites for hydroxylation is 2. The minimum Gasteiger partial charge on any atom is -0.484 e. The van der Waals surface area contributed by atoms with Gasteiger partial charge in [-0.05, 0) is 43.5 Å². The molecule has 1 amide bonds. The van der Waals surface area contributed by atoms with Gasteiger partial charge < -0.3 is 10.1 Å². The molecule has 1 aromatic carbocycles. The third kappa shape index (κ3) is 5.30. The Kier molecular flexibility index (Phi) is 6.77. The van der Waals surface area contributed by atoms with E-state index < -0.39 is 0 Å². The molecule has 0 atom stereocenters. The Morgan fingerprint density at radius 3 is 2.69 bits per heavy atom. The summed E-state index contributed by atoms with van der Waals surface area (Å²) in [5.74, 6) is 0.381. The minimum atomic E-state index is -0.256. The first-order valence-corrected chi connectivity index (χ1v) is 11.8. The number of nitrogens with zero attached hydrogens (tertiary/aromatic N) is 3. The van der Waals surface area contributed by atoms with Crippen molar-refractivity contribution in [2.24, 2.45) is 0 Å². The summed E-state index contributed by atoms with van der Waals surface area (Å²) >= 11 is 3.19. The molecule has 1 N–H and O–H groups in total. The standard InChI is InChI=1S/C23H22N4O3S2/c1-15-5-7-17(8-6-15)30-14-20(28)24-11-12-27-21(29)10-9-18(26-27)22-16(2)25-23(32-22)19-4-3-13-31-19/h3-10,13H,11-12,14H2,1-2H3,(H,24,28). The summed E-state index contributed by atoms with van der Waals surface area (Å²) in [5, 5.41) is 10.2. The highest BCUT2D eigenvalue weighted by Crippen LogP contribution is 2.35. The number of rotatable bonds is 8. The summed E-state index contributed by atoms with van der Waals surface area (Å²) in [6.07, 6.45) is 0. The number of thiophene rings is 1. The van der Waals surface area contributed by atoms with Crippen molar-refractivity contribution < 1.29 is 9.53 Å². The van der Waals surface area contributed by atoms with Crippen LogP contribution < -0.4 is 15.6 Å². The van der Waals surface area contributed by atoms with Gasteiger partial charge in [0.05, 0.1) is 22.0 Å². The van der Waals surface area contributed by atoms with E-state index >= 15 is 0 Å². The van der Waals surface area contributed by atoms with Gasteiger partial charge >= 0.3 is 0 Å². The van der Waals surface area contributed by atoms with E-state index in [0.29, 0.717) is 11.4 Å². The van der Waals surface area contributed by atoms with Crippen molar-refractivity contribution in [1.29, 1.82) is 0 Å². The van der Waals surface area contributed by atoms with E-state index in [0.717, 1.165) is 26.0 Å². The van der Waals surface area contributed by atoms with Crippen LogP contribution >= 0.6 is 22.7 Å². The van der Waals surface area contributed by atoms with Gasteiger partial charge in [0.2, 0.25) is 0 Å². The molecule has 0 spiro atoms. The molecule has 0 unspecified atom stereocenters. The molecule has 3 aromatic heterocycles. The van der Waals surface area contributed by atoms with E-state index in [1.165, 1.54) is 10.7 Å². The Balaban J connectivity index is 1.37. The molecule has 0 saturated carbocycles. The summed E-state index contributed by atoms with van der Waals surface area (Å²) < 4.78 is 6.83. The fraction of sp³-hybridized carbons (Fsp3) is 0.217. The van der Waals surface area contributed by atoms with Gasteiger partial charge in [-0.1, -0.05) is 23.8 Å². The molecule has 0 saturated heterocycles. The van der Waals surface area contributed by atoms with Crippen LogP contribution in [-0.2, 0) is 11.3 Å². The first-order valence-electron chi connectivity index (χ1n) is 10.1. The van der Waals surface area contributed by atoms with Crippen LogP contribution in [0.25, 0.3) is 20.5 Å². The minimum absolute atomic E-state index is 0.0863. The summed E-state index contributed by atoms with van der Waals surface area (Å²) in [5.41, 5.74) is 2.46. The Hall–Kier alpha value is -3.30. The molecule has 9 heteroatoms. The number of thiazole rings is 1. The number of ether oxygens (including phenoxy) is 1. The number of hydrogen-bond acceptors (Lipinski definition) is 7. The lowest BCUT2D eigenvalue weighted by atomic mass is 10.2. The monoisotopic (exact) mass is 466 g/mol. The third-order valence-corrected chi connectivity index (χ3v) is 6.88. The van der Waals surface area contributed by atoms with Crippen molar-refractivity contribution in [1.82, 2.24) is 20.1 Å².